The number of pyridine rings is 1. The third-order valence-corrected chi connectivity index (χ3v) is 5.43. The first-order chi connectivity index (χ1) is 16.9. The Bertz CT molecular complexity index is 1410. The molecule has 178 valence electrons. The molecular formula is C26H26N6O3. The van der Waals surface area contributed by atoms with E-state index in [0.717, 1.165) is 17.5 Å². The lowest BCUT2D eigenvalue weighted by Gasteiger charge is -2.23. The summed E-state index contributed by atoms with van der Waals surface area (Å²) in [6, 6.07) is 17.6. The lowest BCUT2D eigenvalue weighted by molar-refractivity contribution is -0.116. The fourth-order valence-corrected chi connectivity index (χ4v) is 3.77. The molecule has 0 radical (unpaired) electrons. The second-order valence-corrected chi connectivity index (χ2v) is 8.06. The van der Waals surface area contributed by atoms with Crippen molar-refractivity contribution in [1.29, 1.82) is 0 Å². The minimum Gasteiger partial charge on any atom is -0.311 e. The van der Waals surface area contributed by atoms with E-state index in [-0.39, 0.29) is 17.6 Å². The Labute approximate surface area is 202 Å². The maximum Gasteiger partial charge on any atom is 0.326 e. The molecule has 2 N–H and O–H groups in total. The Morgan fingerprint density at radius 2 is 1.74 bits per heavy atom. The number of para-hydroxylation sites is 2. The molecule has 0 aliphatic heterocycles. The van der Waals surface area contributed by atoms with Gasteiger partial charge in [-0.1, -0.05) is 37.3 Å². The van der Waals surface area contributed by atoms with E-state index in [4.69, 9.17) is 0 Å². The number of aromatic nitrogens is 3. The Morgan fingerprint density at radius 3 is 2.49 bits per heavy atom. The molecule has 9 heteroatoms. The minimum atomic E-state index is -0.525. The fraction of sp³-hybridized carbons (Fsp3) is 0.192. The summed E-state index contributed by atoms with van der Waals surface area (Å²) in [5.74, 6) is 0.0219. The van der Waals surface area contributed by atoms with Crippen molar-refractivity contribution in [2.45, 2.75) is 27.2 Å². The molecule has 0 saturated carbocycles. The molecule has 0 fully saturated rings. The average molecular weight is 471 g/mol. The molecule has 35 heavy (non-hydrogen) atoms. The maximum absolute atomic E-state index is 12.7. The molecule has 0 spiro atoms. The van der Waals surface area contributed by atoms with Gasteiger partial charge in [-0.25, -0.2) is 9.31 Å². The monoisotopic (exact) mass is 470 g/mol. The summed E-state index contributed by atoms with van der Waals surface area (Å²) >= 11 is 0. The van der Waals surface area contributed by atoms with Crippen LogP contribution < -0.4 is 15.5 Å². The molecule has 4 rings (SSSR count). The number of fused-ring (bicyclic) bond motifs is 1. The SMILES string of the molecule is CCCN(C(C)=O)c1ccccc1NC(=O)Nc1nc2ccc(-c3cccc(C(C)=O)c3)cn2n1. The Hall–Kier alpha value is -4.53. The van der Waals surface area contributed by atoms with Crippen molar-refractivity contribution in [2.75, 3.05) is 22.1 Å². The summed E-state index contributed by atoms with van der Waals surface area (Å²) in [6.07, 6.45) is 2.57. The molecule has 9 nitrogen and oxygen atoms in total. The highest BCUT2D eigenvalue weighted by atomic mass is 16.2. The molecule has 2 aromatic carbocycles. The van der Waals surface area contributed by atoms with E-state index in [9.17, 15) is 14.4 Å². The predicted molar refractivity (Wildman–Crippen MR) is 136 cm³/mol. The van der Waals surface area contributed by atoms with Gasteiger partial charge in [0.15, 0.2) is 11.4 Å². The largest absolute Gasteiger partial charge is 0.326 e. The van der Waals surface area contributed by atoms with Crippen molar-refractivity contribution in [3.8, 4) is 11.1 Å². The van der Waals surface area contributed by atoms with E-state index in [1.54, 1.807) is 45.9 Å². The van der Waals surface area contributed by atoms with E-state index >= 15 is 0 Å². The number of Topliss-reactive ketones (excluding diaryl/α,β-unsaturated/α-hetero) is 1. The van der Waals surface area contributed by atoms with Crippen LogP contribution in [0.15, 0.2) is 66.9 Å². The van der Waals surface area contributed by atoms with Gasteiger partial charge in [0.1, 0.15) is 0 Å². The van der Waals surface area contributed by atoms with E-state index < -0.39 is 6.03 Å². The summed E-state index contributed by atoms with van der Waals surface area (Å²) < 4.78 is 1.57. The third-order valence-electron chi connectivity index (χ3n) is 5.43. The van der Waals surface area contributed by atoms with Crippen LogP contribution >= 0.6 is 0 Å². The second kappa shape index (κ2) is 10.2. The van der Waals surface area contributed by atoms with Gasteiger partial charge in [-0.05, 0) is 49.2 Å². The van der Waals surface area contributed by atoms with Gasteiger partial charge in [0.25, 0.3) is 5.95 Å². The van der Waals surface area contributed by atoms with Crippen LogP contribution in [-0.4, -0.2) is 38.9 Å². The van der Waals surface area contributed by atoms with Crippen LogP contribution in [0.5, 0.6) is 0 Å². The van der Waals surface area contributed by atoms with Gasteiger partial charge in [0.05, 0.1) is 11.4 Å². The molecule has 2 aromatic heterocycles. The van der Waals surface area contributed by atoms with Gasteiger partial charge >= 0.3 is 6.03 Å². The highest BCUT2D eigenvalue weighted by Crippen LogP contribution is 2.26. The lowest BCUT2D eigenvalue weighted by atomic mass is 10.0. The van der Waals surface area contributed by atoms with Gasteiger partial charge in [-0.2, -0.15) is 4.98 Å². The van der Waals surface area contributed by atoms with E-state index in [0.29, 0.717) is 29.1 Å². The molecule has 0 aliphatic rings. The van der Waals surface area contributed by atoms with Gasteiger partial charge < -0.3 is 10.2 Å². The highest BCUT2D eigenvalue weighted by Gasteiger charge is 2.16. The second-order valence-electron chi connectivity index (χ2n) is 8.06. The summed E-state index contributed by atoms with van der Waals surface area (Å²) in [6.45, 7) is 5.56. The van der Waals surface area contributed by atoms with Crippen LogP contribution in [0.25, 0.3) is 16.8 Å². The van der Waals surface area contributed by atoms with Crippen LogP contribution in [0.1, 0.15) is 37.6 Å². The number of hydrogen-bond donors (Lipinski definition) is 2. The summed E-state index contributed by atoms with van der Waals surface area (Å²) in [5.41, 5.74) is 4.04. The van der Waals surface area contributed by atoms with Crippen LogP contribution in [0.4, 0.5) is 22.1 Å². The van der Waals surface area contributed by atoms with Crippen molar-refractivity contribution in [1.82, 2.24) is 14.6 Å². The third kappa shape index (κ3) is 5.35. The van der Waals surface area contributed by atoms with Crippen molar-refractivity contribution >= 4 is 40.7 Å². The van der Waals surface area contributed by atoms with Gasteiger partial charge in [-0.15, -0.1) is 5.10 Å². The quantitative estimate of drug-likeness (QED) is 0.369. The number of rotatable bonds is 7. The smallest absolute Gasteiger partial charge is 0.311 e. The number of nitrogens with zero attached hydrogens (tertiary/aromatic N) is 4. The van der Waals surface area contributed by atoms with Gasteiger partial charge in [-0.3, -0.25) is 14.9 Å². The number of anilines is 3. The van der Waals surface area contributed by atoms with Crippen LogP contribution in [0.3, 0.4) is 0 Å². The van der Waals surface area contributed by atoms with Gasteiger partial charge in [0.2, 0.25) is 5.91 Å². The molecule has 0 atom stereocenters. The van der Waals surface area contributed by atoms with E-state index in [2.05, 4.69) is 20.7 Å². The first-order valence-corrected chi connectivity index (χ1v) is 11.3. The Balaban J connectivity index is 1.53. The van der Waals surface area contributed by atoms with Crippen molar-refractivity contribution in [3.05, 3.63) is 72.4 Å². The average Bonchev–Trinajstić information content (AvgIpc) is 3.24. The molecule has 3 amide bonds. The Kier molecular flexibility index (Phi) is 6.86. The molecule has 2 heterocycles. The highest BCUT2D eigenvalue weighted by molar-refractivity contribution is 6.03. The summed E-state index contributed by atoms with van der Waals surface area (Å²) in [4.78, 5) is 42.5. The fourth-order valence-electron chi connectivity index (χ4n) is 3.77. The number of amides is 3. The lowest BCUT2D eigenvalue weighted by Crippen LogP contribution is -2.31. The molecule has 0 unspecified atom stereocenters. The Morgan fingerprint density at radius 1 is 0.943 bits per heavy atom. The number of urea groups is 1. The number of carbonyl (C=O) groups excluding carboxylic acids is 3. The van der Waals surface area contributed by atoms with Crippen molar-refractivity contribution < 1.29 is 14.4 Å². The topological polar surface area (TPSA) is 109 Å². The molecule has 0 bridgehead atoms. The number of benzene rings is 2. The molecular weight excluding hydrogens is 444 g/mol. The number of nitrogens with one attached hydrogen (secondary N) is 2. The zero-order valence-corrected chi connectivity index (χ0v) is 19.8. The first kappa shape index (κ1) is 23.6. The van der Waals surface area contributed by atoms with E-state index in [1.165, 1.54) is 13.8 Å². The molecule has 0 aliphatic carbocycles. The standard InChI is InChI=1S/C26H26N6O3/c1-4-14-31(18(3)34)23-11-6-5-10-22(23)27-26(35)29-25-28-24-13-12-21(16-32(24)30-25)20-9-7-8-19(15-20)17(2)33/h5-13,15-16H,4,14H2,1-3H3,(H2,27,29,30,35). The van der Waals surface area contributed by atoms with Gasteiger partial charge in [0, 0.05) is 30.8 Å². The molecule has 4 aromatic rings. The number of carbonyl (C=O) groups is 3. The van der Waals surface area contributed by atoms with Crippen molar-refractivity contribution in [2.24, 2.45) is 0 Å². The number of hydrogen-bond acceptors (Lipinski definition) is 5. The van der Waals surface area contributed by atoms with Crippen LogP contribution in [0, 0.1) is 0 Å². The van der Waals surface area contributed by atoms with Crippen LogP contribution in [-0.2, 0) is 4.79 Å². The van der Waals surface area contributed by atoms with Crippen LogP contribution in [0.2, 0.25) is 0 Å². The normalized spacial score (nSPS) is 10.7. The molecule has 0 saturated heterocycles. The minimum absolute atomic E-state index is 0.00567. The first-order valence-electron chi connectivity index (χ1n) is 11.3. The maximum atomic E-state index is 12.7. The summed E-state index contributed by atoms with van der Waals surface area (Å²) in [7, 11) is 0. The van der Waals surface area contributed by atoms with E-state index in [1.807, 2.05) is 37.3 Å². The predicted octanol–water partition coefficient (Wildman–Crippen LogP) is 5.01. The summed E-state index contributed by atoms with van der Waals surface area (Å²) in [5, 5.41) is 9.79. The zero-order valence-electron chi connectivity index (χ0n) is 19.8. The number of ketones is 1. The van der Waals surface area contributed by atoms with Crippen molar-refractivity contribution in [3.63, 3.8) is 0 Å². The zero-order chi connectivity index (χ0) is 24.9.